The molecule has 0 saturated carbocycles. The first kappa shape index (κ1) is 15.7. The van der Waals surface area contributed by atoms with Gasteiger partial charge in [-0.2, -0.15) is 0 Å². The Hall–Kier alpha value is -2.80. The van der Waals surface area contributed by atoms with Gasteiger partial charge >= 0.3 is 0 Å². The van der Waals surface area contributed by atoms with Gasteiger partial charge in [-0.15, -0.1) is 0 Å². The number of aromatic amines is 1. The van der Waals surface area contributed by atoms with Crippen molar-refractivity contribution in [2.45, 2.75) is 26.2 Å². The van der Waals surface area contributed by atoms with E-state index in [-0.39, 0.29) is 5.91 Å². The number of rotatable bonds is 5. The Morgan fingerprint density at radius 1 is 1.32 bits per heavy atom. The molecule has 0 atom stereocenters. The number of carbonyl (C=O) groups excluding carboxylic acids is 1. The largest absolute Gasteiger partial charge is 0.468 e. The highest BCUT2D eigenvalue weighted by atomic mass is 16.3. The molecule has 4 heterocycles. The SMILES string of the molecule is CN(Cc1cn2c(n1)CN(C(=O)c1ccc[nH]1)CC2)Cc1ccco1. The summed E-state index contributed by atoms with van der Waals surface area (Å²) in [6.07, 6.45) is 5.55. The Bertz CT molecular complexity index is 835. The Labute approximate surface area is 145 Å². The molecule has 7 heteroatoms. The summed E-state index contributed by atoms with van der Waals surface area (Å²) in [5, 5.41) is 0. The van der Waals surface area contributed by atoms with Crippen LogP contribution in [0.1, 0.15) is 27.8 Å². The third-order valence-corrected chi connectivity index (χ3v) is 4.41. The third kappa shape index (κ3) is 3.36. The molecule has 1 amide bonds. The molecule has 0 saturated heterocycles. The molecular weight excluding hydrogens is 318 g/mol. The first-order valence-electron chi connectivity index (χ1n) is 8.37. The van der Waals surface area contributed by atoms with E-state index in [1.807, 2.05) is 30.1 Å². The average Bonchev–Trinajstić information content (AvgIpc) is 3.34. The molecule has 4 rings (SSSR count). The molecule has 0 fully saturated rings. The Morgan fingerprint density at radius 2 is 2.24 bits per heavy atom. The molecule has 0 radical (unpaired) electrons. The summed E-state index contributed by atoms with van der Waals surface area (Å²) in [4.78, 5) is 24.2. The molecule has 0 spiro atoms. The second-order valence-corrected chi connectivity index (χ2v) is 6.40. The van der Waals surface area contributed by atoms with Gasteiger partial charge in [-0.3, -0.25) is 9.69 Å². The summed E-state index contributed by atoms with van der Waals surface area (Å²) in [6.45, 7) is 3.50. The number of furan rings is 1. The highest BCUT2D eigenvalue weighted by Crippen LogP contribution is 2.16. The van der Waals surface area contributed by atoms with Gasteiger partial charge in [-0.25, -0.2) is 4.98 Å². The van der Waals surface area contributed by atoms with Gasteiger partial charge in [0.2, 0.25) is 0 Å². The lowest BCUT2D eigenvalue weighted by Gasteiger charge is -2.27. The third-order valence-electron chi connectivity index (χ3n) is 4.41. The van der Waals surface area contributed by atoms with Crippen molar-refractivity contribution in [2.75, 3.05) is 13.6 Å². The number of aromatic nitrogens is 3. The summed E-state index contributed by atoms with van der Waals surface area (Å²) >= 11 is 0. The minimum absolute atomic E-state index is 0.0238. The van der Waals surface area contributed by atoms with E-state index < -0.39 is 0 Å². The van der Waals surface area contributed by atoms with Gasteiger partial charge in [0, 0.05) is 32.0 Å². The zero-order chi connectivity index (χ0) is 17.2. The van der Waals surface area contributed by atoms with E-state index in [0.29, 0.717) is 18.8 Å². The van der Waals surface area contributed by atoms with Crippen molar-refractivity contribution in [2.24, 2.45) is 0 Å². The smallest absolute Gasteiger partial charge is 0.270 e. The van der Waals surface area contributed by atoms with Crippen molar-refractivity contribution in [1.29, 1.82) is 0 Å². The Kier molecular flexibility index (Phi) is 4.15. The van der Waals surface area contributed by atoms with Crippen LogP contribution in [0, 0.1) is 0 Å². The van der Waals surface area contributed by atoms with Crippen LogP contribution in [0.5, 0.6) is 0 Å². The fourth-order valence-electron chi connectivity index (χ4n) is 3.20. The quantitative estimate of drug-likeness (QED) is 0.773. The number of carbonyl (C=O) groups is 1. The topological polar surface area (TPSA) is 70.3 Å². The molecule has 7 nitrogen and oxygen atoms in total. The molecular formula is C18H21N5O2. The fourth-order valence-corrected chi connectivity index (χ4v) is 3.20. The molecule has 1 N–H and O–H groups in total. The molecule has 1 aliphatic heterocycles. The van der Waals surface area contributed by atoms with Gasteiger partial charge < -0.3 is 18.9 Å². The predicted molar refractivity (Wildman–Crippen MR) is 91.6 cm³/mol. The van der Waals surface area contributed by atoms with Crippen molar-refractivity contribution < 1.29 is 9.21 Å². The van der Waals surface area contributed by atoms with Crippen LogP contribution in [0.15, 0.2) is 47.3 Å². The van der Waals surface area contributed by atoms with Gasteiger partial charge in [0.15, 0.2) is 0 Å². The van der Waals surface area contributed by atoms with Gasteiger partial charge in [0.1, 0.15) is 17.3 Å². The van der Waals surface area contributed by atoms with Crippen LogP contribution < -0.4 is 0 Å². The highest BCUT2D eigenvalue weighted by Gasteiger charge is 2.24. The molecule has 1 aliphatic rings. The van der Waals surface area contributed by atoms with E-state index in [4.69, 9.17) is 9.40 Å². The minimum Gasteiger partial charge on any atom is -0.468 e. The van der Waals surface area contributed by atoms with Crippen LogP contribution in [0.2, 0.25) is 0 Å². The van der Waals surface area contributed by atoms with Crippen molar-refractivity contribution in [3.63, 3.8) is 0 Å². The molecule has 0 aromatic carbocycles. The number of amides is 1. The highest BCUT2D eigenvalue weighted by molar-refractivity contribution is 5.92. The Morgan fingerprint density at radius 3 is 3.00 bits per heavy atom. The van der Waals surface area contributed by atoms with Crippen LogP contribution in [-0.2, 0) is 26.2 Å². The minimum atomic E-state index is 0.0238. The predicted octanol–water partition coefficient (Wildman–Crippen LogP) is 2.09. The number of hydrogen-bond acceptors (Lipinski definition) is 4. The maximum atomic E-state index is 12.5. The lowest BCUT2D eigenvalue weighted by Crippen LogP contribution is -2.38. The van der Waals surface area contributed by atoms with E-state index in [9.17, 15) is 4.79 Å². The van der Waals surface area contributed by atoms with E-state index in [0.717, 1.165) is 36.9 Å². The van der Waals surface area contributed by atoms with E-state index >= 15 is 0 Å². The standard InChI is InChI=1S/C18H21N5O2/c1-21(12-15-4-3-9-25-15)10-14-11-22-7-8-23(13-17(22)20-14)18(24)16-5-2-6-19-16/h2-6,9,11,19H,7-8,10,12-13H2,1H3. The zero-order valence-electron chi connectivity index (χ0n) is 14.2. The maximum Gasteiger partial charge on any atom is 0.270 e. The van der Waals surface area contributed by atoms with Crippen molar-refractivity contribution in [1.82, 2.24) is 24.3 Å². The van der Waals surface area contributed by atoms with Gasteiger partial charge in [0.25, 0.3) is 5.91 Å². The van der Waals surface area contributed by atoms with E-state index in [2.05, 4.69) is 20.6 Å². The fraction of sp³-hybridized carbons (Fsp3) is 0.333. The van der Waals surface area contributed by atoms with Crippen LogP contribution in [0.25, 0.3) is 0 Å². The van der Waals surface area contributed by atoms with Crippen LogP contribution in [0.3, 0.4) is 0 Å². The number of imidazole rings is 1. The summed E-state index contributed by atoms with van der Waals surface area (Å²) in [5.74, 6) is 1.90. The molecule has 25 heavy (non-hydrogen) atoms. The van der Waals surface area contributed by atoms with E-state index in [1.54, 1.807) is 18.5 Å². The van der Waals surface area contributed by atoms with Crippen molar-refractivity contribution >= 4 is 5.91 Å². The number of fused-ring (bicyclic) bond motifs is 1. The summed E-state index contributed by atoms with van der Waals surface area (Å²) < 4.78 is 7.53. The van der Waals surface area contributed by atoms with Gasteiger partial charge in [-0.05, 0) is 31.3 Å². The van der Waals surface area contributed by atoms with E-state index in [1.165, 1.54) is 0 Å². The van der Waals surface area contributed by atoms with Crippen LogP contribution >= 0.6 is 0 Å². The van der Waals surface area contributed by atoms with Gasteiger partial charge in [0.05, 0.1) is 25.0 Å². The molecule has 0 aliphatic carbocycles. The second-order valence-electron chi connectivity index (χ2n) is 6.40. The first-order chi connectivity index (χ1) is 12.2. The van der Waals surface area contributed by atoms with Gasteiger partial charge in [-0.1, -0.05) is 0 Å². The molecule has 0 bridgehead atoms. The second kappa shape index (κ2) is 6.60. The average molecular weight is 339 g/mol. The maximum absolute atomic E-state index is 12.5. The number of nitrogens with one attached hydrogen (secondary N) is 1. The lowest BCUT2D eigenvalue weighted by molar-refractivity contribution is 0.0702. The normalized spacial score (nSPS) is 14.1. The number of hydrogen-bond donors (Lipinski definition) is 1. The van der Waals surface area contributed by atoms with Crippen LogP contribution in [-0.4, -0.2) is 43.8 Å². The summed E-state index contributed by atoms with van der Waals surface area (Å²) in [7, 11) is 2.04. The lowest BCUT2D eigenvalue weighted by atomic mass is 10.3. The molecule has 130 valence electrons. The summed E-state index contributed by atoms with van der Waals surface area (Å²) in [6, 6.07) is 7.51. The van der Waals surface area contributed by atoms with Crippen LogP contribution in [0.4, 0.5) is 0 Å². The number of H-pyrrole nitrogens is 1. The van der Waals surface area contributed by atoms with Crippen molar-refractivity contribution in [3.05, 3.63) is 65.9 Å². The molecule has 3 aromatic rings. The Balaban J connectivity index is 1.41. The summed E-state index contributed by atoms with van der Waals surface area (Å²) in [5.41, 5.74) is 1.64. The molecule has 0 unspecified atom stereocenters. The molecule has 3 aromatic heterocycles. The monoisotopic (exact) mass is 339 g/mol. The number of nitrogens with zero attached hydrogens (tertiary/aromatic N) is 4. The first-order valence-corrected chi connectivity index (χ1v) is 8.37. The van der Waals surface area contributed by atoms with Crippen molar-refractivity contribution in [3.8, 4) is 0 Å². The zero-order valence-corrected chi connectivity index (χ0v) is 14.2.